The van der Waals surface area contributed by atoms with Crippen LogP contribution in [0.4, 0.5) is 0 Å². The Kier molecular flexibility index (Phi) is 6.22. The van der Waals surface area contributed by atoms with E-state index in [4.69, 9.17) is 10.5 Å². The molecular weight excluding hydrogens is 214 g/mol. The first-order valence-electron chi connectivity index (χ1n) is 6.62. The highest BCUT2D eigenvalue weighted by Gasteiger charge is 2.09. The van der Waals surface area contributed by atoms with Crippen molar-refractivity contribution in [2.45, 2.75) is 52.7 Å². The third-order valence-corrected chi connectivity index (χ3v) is 2.97. The van der Waals surface area contributed by atoms with Crippen molar-refractivity contribution in [1.82, 2.24) is 9.78 Å². The number of hydrogen-bond donors (Lipinski definition) is 1. The van der Waals surface area contributed by atoms with Crippen LogP contribution in [0.15, 0.2) is 6.07 Å². The van der Waals surface area contributed by atoms with Gasteiger partial charge < -0.3 is 10.5 Å². The van der Waals surface area contributed by atoms with Gasteiger partial charge in [-0.15, -0.1) is 0 Å². The van der Waals surface area contributed by atoms with Crippen molar-refractivity contribution in [3.05, 3.63) is 17.5 Å². The van der Waals surface area contributed by atoms with Gasteiger partial charge in [0, 0.05) is 25.4 Å². The predicted molar refractivity (Wildman–Crippen MR) is 70.1 cm³/mol. The summed E-state index contributed by atoms with van der Waals surface area (Å²) in [7, 11) is 0. The topological polar surface area (TPSA) is 53.1 Å². The highest BCUT2D eigenvalue weighted by atomic mass is 16.5. The average molecular weight is 239 g/mol. The van der Waals surface area contributed by atoms with E-state index < -0.39 is 0 Å². The van der Waals surface area contributed by atoms with E-state index in [0.717, 1.165) is 32.4 Å². The molecule has 1 atom stereocenters. The molecule has 1 unspecified atom stereocenters. The van der Waals surface area contributed by atoms with Crippen LogP contribution in [0.3, 0.4) is 0 Å². The Morgan fingerprint density at radius 2 is 2.12 bits per heavy atom. The molecule has 0 radical (unpaired) electrons. The Morgan fingerprint density at radius 3 is 2.65 bits per heavy atom. The molecule has 0 saturated carbocycles. The van der Waals surface area contributed by atoms with Gasteiger partial charge >= 0.3 is 0 Å². The lowest BCUT2D eigenvalue weighted by atomic mass is 10.2. The summed E-state index contributed by atoms with van der Waals surface area (Å²) >= 11 is 0. The molecule has 1 aromatic rings. The van der Waals surface area contributed by atoms with Crippen LogP contribution in [-0.2, 0) is 24.1 Å². The summed E-state index contributed by atoms with van der Waals surface area (Å²) in [6.07, 6.45) is 3.10. The van der Waals surface area contributed by atoms with Gasteiger partial charge in [-0.1, -0.05) is 13.8 Å². The molecule has 17 heavy (non-hydrogen) atoms. The smallest absolute Gasteiger partial charge is 0.0714 e. The van der Waals surface area contributed by atoms with Crippen LogP contribution in [-0.4, -0.2) is 29.0 Å². The van der Waals surface area contributed by atoms with Crippen LogP contribution in [0.1, 0.15) is 38.6 Å². The van der Waals surface area contributed by atoms with Crippen molar-refractivity contribution in [3.8, 4) is 0 Å². The summed E-state index contributed by atoms with van der Waals surface area (Å²) in [6, 6.07) is 2.19. The largest absolute Gasteiger partial charge is 0.377 e. The maximum atomic E-state index is 5.67. The first-order valence-corrected chi connectivity index (χ1v) is 6.62. The lowest BCUT2D eigenvalue weighted by Gasteiger charge is -2.15. The monoisotopic (exact) mass is 239 g/mol. The number of rotatable bonds is 8. The summed E-state index contributed by atoms with van der Waals surface area (Å²) in [5.74, 6) is 0. The Morgan fingerprint density at radius 1 is 1.35 bits per heavy atom. The number of nitrogens with two attached hydrogens (primary N) is 1. The van der Waals surface area contributed by atoms with Gasteiger partial charge in [-0.25, -0.2) is 0 Å². The van der Waals surface area contributed by atoms with Crippen LogP contribution in [0, 0.1) is 0 Å². The fourth-order valence-corrected chi connectivity index (χ4v) is 1.94. The minimum absolute atomic E-state index is 0.152. The molecule has 1 heterocycles. The van der Waals surface area contributed by atoms with E-state index >= 15 is 0 Å². The second-order valence-electron chi connectivity index (χ2n) is 4.16. The summed E-state index contributed by atoms with van der Waals surface area (Å²) < 4.78 is 7.65. The van der Waals surface area contributed by atoms with E-state index in [9.17, 15) is 0 Å². The third kappa shape index (κ3) is 4.13. The first-order chi connectivity index (χ1) is 8.24. The predicted octanol–water partition coefficient (Wildman–Crippen LogP) is 1.76. The van der Waals surface area contributed by atoms with Crippen LogP contribution in [0.25, 0.3) is 0 Å². The van der Waals surface area contributed by atoms with Crippen molar-refractivity contribution >= 4 is 0 Å². The fourth-order valence-electron chi connectivity index (χ4n) is 1.94. The molecule has 0 aliphatic heterocycles. The van der Waals surface area contributed by atoms with Gasteiger partial charge in [0.15, 0.2) is 0 Å². The highest BCUT2D eigenvalue weighted by molar-refractivity contribution is 5.10. The molecule has 0 saturated heterocycles. The Labute approximate surface area is 104 Å². The fraction of sp³-hybridized carbons (Fsp3) is 0.769. The number of nitrogens with zero attached hydrogens (tertiary/aromatic N) is 2. The zero-order chi connectivity index (χ0) is 12.7. The van der Waals surface area contributed by atoms with E-state index in [1.54, 1.807) is 0 Å². The summed E-state index contributed by atoms with van der Waals surface area (Å²) in [6.45, 7) is 8.50. The van der Waals surface area contributed by atoms with Crippen molar-refractivity contribution < 1.29 is 4.74 Å². The van der Waals surface area contributed by atoms with Crippen molar-refractivity contribution in [1.29, 1.82) is 0 Å². The average Bonchev–Trinajstić information content (AvgIpc) is 2.76. The minimum atomic E-state index is 0.152. The van der Waals surface area contributed by atoms with Gasteiger partial charge in [0.2, 0.25) is 0 Å². The number of aromatic nitrogens is 2. The number of ether oxygens (including phenoxy) is 1. The summed E-state index contributed by atoms with van der Waals surface area (Å²) in [4.78, 5) is 0. The standard InChI is InChI=1S/C13H25N3O/c1-4-11-9-12(5-2)16(15-11)8-7-13(10-14)17-6-3/h9,13H,4-8,10,14H2,1-3H3. The molecule has 0 aromatic carbocycles. The van der Waals surface area contributed by atoms with E-state index in [2.05, 4.69) is 29.7 Å². The first kappa shape index (κ1) is 14.2. The number of aryl methyl sites for hydroxylation is 3. The zero-order valence-corrected chi connectivity index (χ0v) is 11.3. The van der Waals surface area contributed by atoms with E-state index in [0.29, 0.717) is 6.54 Å². The van der Waals surface area contributed by atoms with Gasteiger partial charge in [0.25, 0.3) is 0 Å². The molecule has 0 aliphatic carbocycles. The second-order valence-corrected chi connectivity index (χ2v) is 4.16. The molecular formula is C13H25N3O. The second kappa shape index (κ2) is 7.45. The molecule has 0 spiro atoms. The molecule has 0 bridgehead atoms. The molecule has 4 heteroatoms. The van der Waals surface area contributed by atoms with Crippen LogP contribution in [0.5, 0.6) is 0 Å². The maximum Gasteiger partial charge on any atom is 0.0714 e. The molecule has 98 valence electrons. The molecule has 0 fully saturated rings. The van der Waals surface area contributed by atoms with Gasteiger partial charge in [-0.05, 0) is 32.3 Å². The van der Waals surface area contributed by atoms with E-state index in [-0.39, 0.29) is 6.10 Å². The molecule has 1 aromatic heterocycles. The Bertz CT molecular complexity index is 322. The Balaban J connectivity index is 2.57. The normalized spacial score (nSPS) is 12.9. The molecule has 2 N–H and O–H groups in total. The van der Waals surface area contributed by atoms with Crippen LogP contribution in [0.2, 0.25) is 0 Å². The lowest BCUT2D eigenvalue weighted by molar-refractivity contribution is 0.0590. The minimum Gasteiger partial charge on any atom is -0.377 e. The molecule has 1 rings (SSSR count). The van der Waals surface area contributed by atoms with E-state index in [1.165, 1.54) is 11.4 Å². The highest BCUT2D eigenvalue weighted by Crippen LogP contribution is 2.08. The number of hydrogen-bond acceptors (Lipinski definition) is 3. The lowest BCUT2D eigenvalue weighted by Crippen LogP contribution is -2.25. The molecule has 4 nitrogen and oxygen atoms in total. The third-order valence-electron chi connectivity index (χ3n) is 2.97. The Hall–Kier alpha value is -0.870. The summed E-state index contributed by atoms with van der Waals surface area (Å²) in [5, 5.41) is 4.59. The molecule has 0 amide bonds. The van der Waals surface area contributed by atoms with Crippen molar-refractivity contribution in [2.75, 3.05) is 13.2 Å². The quantitative estimate of drug-likeness (QED) is 0.752. The maximum absolute atomic E-state index is 5.67. The van der Waals surface area contributed by atoms with Crippen LogP contribution >= 0.6 is 0 Å². The SMILES string of the molecule is CCOC(CN)CCn1nc(CC)cc1CC. The van der Waals surface area contributed by atoms with Gasteiger partial charge in [0.1, 0.15) is 0 Å². The summed E-state index contributed by atoms with van der Waals surface area (Å²) in [5.41, 5.74) is 8.14. The van der Waals surface area contributed by atoms with Gasteiger partial charge in [-0.2, -0.15) is 5.10 Å². The van der Waals surface area contributed by atoms with Gasteiger partial charge in [0.05, 0.1) is 11.8 Å². The molecule has 0 aliphatic rings. The zero-order valence-electron chi connectivity index (χ0n) is 11.3. The van der Waals surface area contributed by atoms with Crippen molar-refractivity contribution in [2.24, 2.45) is 5.73 Å². The van der Waals surface area contributed by atoms with E-state index in [1.807, 2.05) is 6.92 Å². The van der Waals surface area contributed by atoms with Crippen molar-refractivity contribution in [3.63, 3.8) is 0 Å². The van der Waals surface area contributed by atoms with Gasteiger partial charge in [-0.3, -0.25) is 4.68 Å². The van der Waals surface area contributed by atoms with Crippen LogP contribution < -0.4 is 5.73 Å².